The number of amides is 2. The van der Waals surface area contributed by atoms with Crippen molar-refractivity contribution in [3.8, 4) is 0 Å². The van der Waals surface area contributed by atoms with Crippen molar-refractivity contribution in [1.82, 2.24) is 4.90 Å². The summed E-state index contributed by atoms with van der Waals surface area (Å²) in [6.45, 7) is 6.64. The number of nitrogens with two attached hydrogens (primary N) is 1. The number of ether oxygens (including phenoxy) is 2. The molecule has 1 aromatic carbocycles. The molecule has 31 heavy (non-hydrogen) atoms. The van der Waals surface area contributed by atoms with Gasteiger partial charge in [0.05, 0.1) is 23.6 Å². The van der Waals surface area contributed by atoms with Crippen molar-refractivity contribution in [2.75, 3.05) is 32.2 Å². The van der Waals surface area contributed by atoms with Crippen LogP contribution in [0.1, 0.15) is 45.0 Å². The molecule has 0 radical (unpaired) electrons. The molecule has 0 aliphatic heterocycles. The third-order valence-electron chi connectivity index (χ3n) is 4.65. The summed E-state index contributed by atoms with van der Waals surface area (Å²) in [7, 11) is 1.50. The lowest BCUT2D eigenvalue weighted by molar-refractivity contribution is -0.117. The zero-order valence-electron chi connectivity index (χ0n) is 18.3. The van der Waals surface area contributed by atoms with Crippen LogP contribution in [0.4, 0.5) is 5.00 Å². The molecule has 0 spiro atoms. The molecule has 0 aliphatic rings. The van der Waals surface area contributed by atoms with E-state index in [1.54, 1.807) is 6.92 Å². The van der Waals surface area contributed by atoms with Gasteiger partial charge < -0.3 is 20.5 Å². The van der Waals surface area contributed by atoms with Gasteiger partial charge in [-0.25, -0.2) is 4.79 Å². The summed E-state index contributed by atoms with van der Waals surface area (Å²) in [4.78, 5) is 39.4. The SMILES string of the molecule is COCCOC(=O)c1c(NC(=O)CN(Cc2ccccc2)C(C)C)sc(C(N)=O)c1C. The molecule has 1 aromatic heterocycles. The summed E-state index contributed by atoms with van der Waals surface area (Å²) in [6.07, 6.45) is 0. The molecular weight excluding hydrogens is 418 g/mol. The molecule has 3 N–H and O–H groups in total. The lowest BCUT2D eigenvalue weighted by atomic mass is 10.1. The molecule has 2 aromatic rings. The minimum atomic E-state index is -0.665. The van der Waals surface area contributed by atoms with Crippen LogP contribution >= 0.6 is 11.3 Å². The van der Waals surface area contributed by atoms with Gasteiger partial charge in [0.15, 0.2) is 0 Å². The Kier molecular flexibility index (Phi) is 9.17. The highest BCUT2D eigenvalue weighted by Gasteiger charge is 2.26. The number of anilines is 1. The molecule has 0 fully saturated rings. The number of thiophene rings is 1. The van der Waals surface area contributed by atoms with Gasteiger partial charge in [-0.05, 0) is 31.9 Å². The molecule has 2 amide bonds. The van der Waals surface area contributed by atoms with Crippen LogP contribution < -0.4 is 11.1 Å². The summed E-state index contributed by atoms with van der Waals surface area (Å²) < 4.78 is 10.1. The summed E-state index contributed by atoms with van der Waals surface area (Å²) in [5, 5.41) is 3.02. The first-order valence-electron chi connectivity index (χ1n) is 9.91. The van der Waals surface area contributed by atoms with Crippen molar-refractivity contribution in [2.45, 2.75) is 33.4 Å². The minimum absolute atomic E-state index is 0.0577. The fourth-order valence-corrected chi connectivity index (χ4v) is 4.03. The molecule has 0 aliphatic carbocycles. The zero-order chi connectivity index (χ0) is 23.0. The van der Waals surface area contributed by atoms with Crippen LogP contribution in [0.2, 0.25) is 0 Å². The van der Waals surface area contributed by atoms with E-state index >= 15 is 0 Å². The smallest absolute Gasteiger partial charge is 0.341 e. The van der Waals surface area contributed by atoms with Crippen LogP contribution in [-0.4, -0.2) is 55.6 Å². The number of hydrogen-bond donors (Lipinski definition) is 2. The Balaban J connectivity index is 2.19. The van der Waals surface area contributed by atoms with Gasteiger partial charge in [0, 0.05) is 19.7 Å². The number of esters is 1. The highest BCUT2D eigenvalue weighted by molar-refractivity contribution is 7.18. The molecule has 9 heteroatoms. The van der Waals surface area contributed by atoms with Gasteiger partial charge in [0.2, 0.25) is 5.91 Å². The van der Waals surface area contributed by atoms with Crippen LogP contribution in [0, 0.1) is 6.92 Å². The zero-order valence-corrected chi connectivity index (χ0v) is 19.1. The van der Waals surface area contributed by atoms with E-state index in [0.717, 1.165) is 16.9 Å². The minimum Gasteiger partial charge on any atom is -0.460 e. The van der Waals surface area contributed by atoms with E-state index in [9.17, 15) is 14.4 Å². The number of primary amides is 1. The van der Waals surface area contributed by atoms with Crippen molar-refractivity contribution in [1.29, 1.82) is 0 Å². The molecule has 8 nitrogen and oxygen atoms in total. The third kappa shape index (κ3) is 6.88. The van der Waals surface area contributed by atoms with E-state index in [0.29, 0.717) is 12.1 Å². The molecule has 0 unspecified atom stereocenters. The third-order valence-corrected chi connectivity index (χ3v) is 5.88. The monoisotopic (exact) mass is 447 g/mol. The maximum absolute atomic E-state index is 12.8. The quantitative estimate of drug-likeness (QED) is 0.405. The Hall–Kier alpha value is -2.75. The number of nitrogens with zero attached hydrogens (tertiary/aromatic N) is 1. The predicted molar refractivity (Wildman–Crippen MR) is 120 cm³/mol. The summed E-state index contributed by atoms with van der Waals surface area (Å²) in [5.74, 6) is -1.60. The summed E-state index contributed by atoms with van der Waals surface area (Å²) in [5.41, 5.74) is 7.06. The van der Waals surface area contributed by atoms with Crippen molar-refractivity contribution >= 4 is 34.1 Å². The second-order valence-corrected chi connectivity index (χ2v) is 8.31. The highest BCUT2D eigenvalue weighted by atomic mass is 32.1. The summed E-state index contributed by atoms with van der Waals surface area (Å²) in [6, 6.07) is 9.98. The van der Waals surface area contributed by atoms with Crippen LogP contribution in [-0.2, 0) is 20.8 Å². The van der Waals surface area contributed by atoms with Gasteiger partial charge in [0.1, 0.15) is 11.6 Å². The molecule has 0 saturated heterocycles. The number of nitrogens with one attached hydrogen (secondary N) is 1. The van der Waals surface area contributed by atoms with Gasteiger partial charge >= 0.3 is 5.97 Å². The topological polar surface area (TPSA) is 111 Å². The molecule has 168 valence electrons. The first-order chi connectivity index (χ1) is 14.7. The van der Waals surface area contributed by atoms with Gasteiger partial charge in [0.25, 0.3) is 5.91 Å². The fraction of sp³-hybridized carbons (Fsp3) is 0.409. The van der Waals surface area contributed by atoms with Crippen molar-refractivity contribution in [3.05, 3.63) is 51.9 Å². The molecule has 1 heterocycles. The highest BCUT2D eigenvalue weighted by Crippen LogP contribution is 2.33. The van der Waals surface area contributed by atoms with Crippen molar-refractivity contribution in [2.24, 2.45) is 5.73 Å². The Bertz CT molecular complexity index is 911. The van der Waals surface area contributed by atoms with Gasteiger partial charge in [-0.1, -0.05) is 30.3 Å². The van der Waals surface area contributed by atoms with Crippen LogP contribution in [0.25, 0.3) is 0 Å². The Morgan fingerprint density at radius 3 is 2.42 bits per heavy atom. The number of benzene rings is 1. The Labute approximate surface area is 186 Å². The Morgan fingerprint density at radius 1 is 1.16 bits per heavy atom. The molecule has 0 saturated carbocycles. The molecule has 2 rings (SSSR count). The van der Waals surface area contributed by atoms with Crippen molar-refractivity contribution in [3.63, 3.8) is 0 Å². The molecule has 0 bridgehead atoms. The van der Waals surface area contributed by atoms with Crippen LogP contribution in [0.3, 0.4) is 0 Å². The van der Waals surface area contributed by atoms with Crippen molar-refractivity contribution < 1.29 is 23.9 Å². The van der Waals surface area contributed by atoms with Gasteiger partial charge in [-0.3, -0.25) is 14.5 Å². The van der Waals surface area contributed by atoms with Gasteiger partial charge in [-0.2, -0.15) is 0 Å². The average molecular weight is 448 g/mol. The van der Waals surface area contributed by atoms with E-state index < -0.39 is 11.9 Å². The fourth-order valence-electron chi connectivity index (χ4n) is 2.96. The van der Waals surface area contributed by atoms with Crippen LogP contribution in [0.15, 0.2) is 30.3 Å². The van der Waals surface area contributed by atoms with Crippen LogP contribution in [0.5, 0.6) is 0 Å². The van der Waals surface area contributed by atoms with E-state index in [1.165, 1.54) is 7.11 Å². The number of carbonyl (C=O) groups is 3. The average Bonchev–Trinajstić information content (AvgIpc) is 3.04. The largest absolute Gasteiger partial charge is 0.460 e. The molecular formula is C22H29N3O5S. The normalized spacial score (nSPS) is 11.0. The second kappa shape index (κ2) is 11.6. The second-order valence-electron chi connectivity index (χ2n) is 7.29. The number of rotatable bonds is 11. The lowest BCUT2D eigenvalue weighted by Crippen LogP contribution is -2.37. The predicted octanol–water partition coefficient (Wildman–Crippen LogP) is 2.81. The number of methoxy groups -OCH3 is 1. The number of carbonyl (C=O) groups excluding carboxylic acids is 3. The number of hydrogen-bond acceptors (Lipinski definition) is 7. The first kappa shape index (κ1) is 24.5. The maximum atomic E-state index is 12.8. The van der Waals surface area contributed by atoms with Gasteiger partial charge in [-0.15, -0.1) is 11.3 Å². The van der Waals surface area contributed by atoms with E-state index in [1.807, 2.05) is 49.1 Å². The Morgan fingerprint density at radius 2 is 1.84 bits per heavy atom. The van der Waals surface area contributed by atoms with E-state index in [2.05, 4.69) is 5.32 Å². The van der Waals surface area contributed by atoms with E-state index in [-0.39, 0.29) is 47.1 Å². The standard InChI is InChI=1S/C22H29N3O5S/c1-14(2)25(12-16-8-6-5-7-9-16)13-17(26)24-21-18(22(28)30-11-10-29-4)15(3)19(31-21)20(23)27/h5-9,14H,10-13H2,1-4H3,(H2,23,27)(H,24,26). The van der Waals surface area contributed by atoms with E-state index in [4.69, 9.17) is 15.2 Å². The maximum Gasteiger partial charge on any atom is 0.341 e. The lowest BCUT2D eigenvalue weighted by Gasteiger charge is -2.25. The first-order valence-corrected chi connectivity index (χ1v) is 10.7. The molecule has 0 atom stereocenters. The summed E-state index contributed by atoms with van der Waals surface area (Å²) >= 11 is 0.972.